The van der Waals surface area contributed by atoms with Crippen molar-refractivity contribution in [3.05, 3.63) is 90.0 Å². The zero-order valence-corrected chi connectivity index (χ0v) is 13.4. The second-order valence-corrected chi connectivity index (χ2v) is 6.03. The summed E-state index contributed by atoms with van der Waals surface area (Å²) in [4.78, 5) is 0. The third kappa shape index (κ3) is 2.29. The highest BCUT2D eigenvalue weighted by atomic mass is 15.6. The Morgan fingerprint density at radius 3 is 2.56 bits per heavy atom. The first-order chi connectivity index (χ1) is 12.4. The van der Waals surface area contributed by atoms with Crippen LogP contribution < -0.4 is 5.32 Å². The van der Waals surface area contributed by atoms with Crippen LogP contribution in [0.3, 0.4) is 0 Å². The van der Waals surface area contributed by atoms with Crippen molar-refractivity contribution in [1.82, 2.24) is 20.2 Å². The van der Waals surface area contributed by atoms with Gasteiger partial charge < -0.3 is 5.32 Å². The molecule has 3 aromatic carbocycles. The van der Waals surface area contributed by atoms with E-state index in [1.807, 2.05) is 22.9 Å². The summed E-state index contributed by atoms with van der Waals surface area (Å²) in [6.07, 6.45) is 2.18. The van der Waals surface area contributed by atoms with Gasteiger partial charge in [0.25, 0.3) is 0 Å². The van der Waals surface area contributed by atoms with Crippen molar-refractivity contribution in [1.29, 1.82) is 0 Å². The van der Waals surface area contributed by atoms with Crippen LogP contribution in [0.4, 0.5) is 5.95 Å². The largest absolute Gasteiger partial charge is 0.323 e. The Bertz CT molecular complexity index is 1080. The van der Waals surface area contributed by atoms with Gasteiger partial charge in [-0.05, 0) is 38.4 Å². The zero-order chi connectivity index (χ0) is 16.6. The van der Waals surface area contributed by atoms with Gasteiger partial charge in [0, 0.05) is 5.70 Å². The lowest BCUT2D eigenvalue weighted by molar-refractivity contribution is 0.589. The van der Waals surface area contributed by atoms with Crippen molar-refractivity contribution in [2.24, 2.45) is 0 Å². The van der Waals surface area contributed by atoms with Gasteiger partial charge in [-0.15, -0.1) is 0 Å². The Labute approximate surface area is 144 Å². The molecule has 0 saturated carbocycles. The number of hydrogen-bond acceptors (Lipinski definition) is 4. The maximum absolute atomic E-state index is 4.20. The van der Waals surface area contributed by atoms with E-state index >= 15 is 0 Å². The lowest BCUT2D eigenvalue weighted by Gasteiger charge is -2.24. The van der Waals surface area contributed by atoms with E-state index < -0.39 is 0 Å². The number of rotatable bonds is 2. The minimum Gasteiger partial charge on any atom is -0.323 e. The molecular weight excluding hydrogens is 310 g/mol. The third-order valence-corrected chi connectivity index (χ3v) is 4.55. The monoisotopic (exact) mass is 325 g/mol. The van der Waals surface area contributed by atoms with E-state index in [2.05, 4.69) is 81.5 Å². The first-order valence-corrected chi connectivity index (χ1v) is 8.20. The standard InChI is InChI=1S/C20H15N5/c1-2-8-15(9-3-1)18-13-19(25-20(21-18)22-23-24-25)17-12-6-10-14-7-4-5-11-16(14)17/h1-13,19H,(H,21,22,24)/t19-/m0/s1. The molecule has 1 aliphatic heterocycles. The van der Waals surface area contributed by atoms with Crippen LogP contribution in [0.2, 0.25) is 0 Å². The summed E-state index contributed by atoms with van der Waals surface area (Å²) in [6.45, 7) is 0. The van der Waals surface area contributed by atoms with Crippen molar-refractivity contribution >= 4 is 22.4 Å². The molecule has 5 heteroatoms. The second-order valence-electron chi connectivity index (χ2n) is 6.03. The quantitative estimate of drug-likeness (QED) is 0.607. The Morgan fingerprint density at radius 1 is 0.840 bits per heavy atom. The van der Waals surface area contributed by atoms with Crippen molar-refractivity contribution in [2.75, 3.05) is 5.32 Å². The van der Waals surface area contributed by atoms with Crippen molar-refractivity contribution in [3.63, 3.8) is 0 Å². The lowest BCUT2D eigenvalue weighted by atomic mass is 9.96. The summed E-state index contributed by atoms with van der Waals surface area (Å²) < 4.78 is 1.83. The SMILES string of the molecule is C1=C(c2ccccc2)Nc2nnnn2[C@@H]1c1cccc2ccccc12. The Balaban J connectivity index is 1.72. The predicted octanol–water partition coefficient (Wildman–Crippen LogP) is 3.88. The van der Waals surface area contributed by atoms with E-state index in [1.165, 1.54) is 16.3 Å². The molecule has 5 rings (SSSR count). The molecular formula is C20H15N5. The molecule has 2 heterocycles. The van der Waals surface area contributed by atoms with Crippen LogP contribution in [0.25, 0.3) is 16.5 Å². The average Bonchev–Trinajstić information content (AvgIpc) is 3.16. The van der Waals surface area contributed by atoms with Crippen molar-refractivity contribution in [2.45, 2.75) is 6.04 Å². The van der Waals surface area contributed by atoms with Gasteiger partial charge in [-0.3, -0.25) is 0 Å². The van der Waals surface area contributed by atoms with Crippen molar-refractivity contribution in [3.8, 4) is 0 Å². The van der Waals surface area contributed by atoms with E-state index in [1.54, 1.807) is 0 Å². The Kier molecular flexibility index (Phi) is 3.10. The van der Waals surface area contributed by atoms with Gasteiger partial charge in [-0.1, -0.05) is 77.9 Å². The predicted molar refractivity (Wildman–Crippen MR) is 97.9 cm³/mol. The first kappa shape index (κ1) is 13.9. The fourth-order valence-electron chi connectivity index (χ4n) is 3.37. The fourth-order valence-corrected chi connectivity index (χ4v) is 3.37. The molecule has 0 aliphatic carbocycles. The number of tetrazole rings is 1. The van der Waals surface area contributed by atoms with Gasteiger partial charge in [0.1, 0.15) is 6.04 Å². The molecule has 0 saturated heterocycles. The highest BCUT2D eigenvalue weighted by molar-refractivity contribution is 5.87. The summed E-state index contributed by atoms with van der Waals surface area (Å²) in [5, 5.41) is 17.9. The molecule has 0 amide bonds. The molecule has 5 nitrogen and oxygen atoms in total. The van der Waals surface area contributed by atoms with Crippen LogP contribution in [0.15, 0.2) is 78.9 Å². The topological polar surface area (TPSA) is 55.6 Å². The molecule has 1 atom stereocenters. The number of benzene rings is 3. The third-order valence-electron chi connectivity index (χ3n) is 4.55. The van der Waals surface area contributed by atoms with Crippen LogP contribution in [0.1, 0.15) is 17.2 Å². The summed E-state index contributed by atoms with van der Waals surface area (Å²) in [5.41, 5.74) is 3.31. The molecule has 4 aromatic rings. The first-order valence-electron chi connectivity index (χ1n) is 8.20. The lowest BCUT2D eigenvalue weighted by Crippen LogP contribution is -2.20. The van der Waals surface area contributed by atoms with E-state index in [0.717, 1.165) is 11.3 Å². The molecule has 1 aromatic heterocycles. The highest BCUT2D eigenvalue weighted by Gasteiger charge is 2.25. The molecule has 1 aliphatic rings. The van der Waals surface area contributed by atoms with Crippen LogP contribution in [0, 0.1) is 0 Å². The van der Waals surface area contributed by atoms with Crippen LogP contribution in [0.5, 0.6) is 0 Å². The average molecular weight is 325 g/mol. The maximum Gasteiger partial charge on any atom is 0.248 e. The van der Waals surface area contributed by atoms with Gasteiger partial charge in [0.05, 0.1) is 0 Å². The van der Waals surface area contributed by atoms with Crippen LogP contribution in [-0.4, -0.2) is 20.2 Å². The van der Waals surface area contributed by atoms with Gasteiger partial charge in [0.15, 0.2) is 0 Å². The number of anilines is 1. The summed E-state index contributed by atoms with van der Waals surface area (Å²) in [6, 6.07) is 24.9. The van der Waals surface area contributed by atoms with Crippen LogP contribution in [-0.2, 0) is 0 Å². The van der Waals surface area contributed by atoms with Crippen LogP contribution >= 0.6 is 0 Å². The molecule has 120 valence electrons. The fraction of sp³-hybridized carbons (Fsp3) is 0.0500. The minimum absolute atomic E-state index is 0.0624. The molecule has 25 heavy (non-hydrogen) atoms. The summed E-state index contributed by atoms with van der Waals surface area (Å²) in [7, 11) is 0. The van der Waals surface area contributed by atoms with E-state index in [0.29, 0.717) is 5.95 Å². The summed E-state index contributed by atoms with van der Waals surface area (Å²) in [5.74, 6) is 0.652. The van der Waals surface area contributed by atoms with Gasteiger partial charge in [-0.25, -0.2) is 0 Å². The number of allylic oxidation sites excluding steroid dienone is 1. The number of nitrogens with zero attached hydrogens (tertiary/aromatic N) is 4. The number of aromatic nitrogens is 4. The molecule has 0 spiro atoms. The van der Waals surface area contributed by atoms with Gasteiger partial charge in [-0.2, -0.15) is 4.68 Å². The summed E-state index contributed by atoms with van der Waals surface area (Å²) >= 11 is 0. The van der Waals surface area contributed by atoms with Gasteiger partial charge >= 0.3 is 0 Å². The van der Waals surface area contributed by atoms with E-state index in [-0.39, 0.29) is 6.04 Å². The minimum atomic E-state index is -0.0624. The molecule has 0 fully saturated rings. The normalized spacial score (nSPS) is 16.2. The Morgan fingerprint density at radius 2 is 1.64 bits per heavy atom. The molecule has 0 radical (unpaired) electrons. The number of hydrogen-bond donors (Lipinski definition) is 1. The zero-order valence-electron chi connectivity index (χ0n) is 13.4. The number of nitrogens with one attached hydrogen (secondary N) is 1. The Hall–Kier alpha value is -3.47. The van der Waals surface area contributed by atoms with E-state index in [9.17, 15) is 0 Å². The second kappa shape index (κ2) is 5.56. The van der Waals surface area contributed by atoms with Crippen molar-refractivity contribution < 1.29 is 0 Å². The number of fused-ring (bicyclic) bond motifs is 2. The maximum atomic E-state index is 4.20. The highest BCUT2D eigenvalue weighted by Crippen LogP contribution is 2.34. The smallest absolute Gasteiger partial charge is 0.248 e. The molecule has 1 N–H and O–H groups in total. The van der Waals surface area contributed by atoms with E-state index in [4.69, 9.17) is 0 Å². The molecule has 0 bridgehead atoms. The van der Waals surface area contributed by atoms with Gasteiger partial charge in [0.2, 0.25) is 5.95 Å². The molecule has 0 unspecified atom stereocenters.